The van der Waals surface area contributed by atoms with Crippen molar-refractivity contribution in [2.75, 3.05) is 20.7 Å². The predicted molar refractivity (Wildman–Crippen MR) is 254 cm³/mol. The number of carbonyl (C=O) groups is 5. The molecule has 0 radical (unpaired) electrons. The molecule has 364 valence electrons. The predicted octanol–water partition coefficient (Wildman–Crippen LogP) is 9.46. The van der Waals surface area contributed by atoms with Crippen LogP contribution in [0.5, 0.6) is 0 Å². The second-order valence-corrected chi connectivity index (χ2v) is 20.6. The van der Waals surface area contributed by atoms with Gasteiger partial charge in [0.2, 0.25) is 11.8 Å². The van der Waals surface area contributed by atoms with Crippen LogP contribution in [0, 0.1) is 23.2 Å². The fourth-order valence-corrected chi connectivity index (χ4v) is 11.3. The molecule has 10 rings (SSSR count). The molecule has 4 amide bonds. The minimum Gasteiger partial charge on any atom is -0.465 e. The number of nitrogens with one attached hydrogen (secondary N) is 3. The Morgan fingerprint density at radius 2 is 1.51 bits per heavy atom. The van der Waals surface area contributed by atoms with Gasteiger partial charge in [-0.3, -0.25) is 14.5 Å². The number of carbonyl (C=O) groups excluding carboxylic acids is 4. The molecular formula is C52H60F2N8O7. The topological polar surface area (TPSA) is 194 Å². The second-order valence-electron chi connectivity index (χ2n) is 20.6. The molecule has 6 atom stereocenters. The van der Waals surface area contributed by atoms with E-state index in [0.29, 0.717) is 58.1 Å². The van der Waals surface area contributed by atoms with Gasteiger partial charge in [0.15, 0.2) is 0 Å². The zero-order chi connectivity index (χ0) is 49.4. The lowest BCUT2D eigenvalue weighted by atomic mass is 9.95. The molecule has 4 heterocycles. The molecule has 5 aromatic rings. The number of rotatable bonds is 10. The SMILES string of the molecule is CC(C)=O.COC(=O)N[C@H](C(=O)N1[C@@H]2CC[C@@H](C2)[C@H]1c1nc2ccc(-c3ccc4c(c3)C(F)(F)c3cc(-c5cnc([C@@H]6CC7(CC7)CN6C(=O)[C@H](C(C)C)N(C)C(=O)O)[nH]5)ccc3-4)cc2[nH]1)C(C)C. The fourth-order valence-electron chi connectivity index (χ4n) is 11.3. The molecule has 2 saturated carbocycles. The van der Waals surface area contributed by atoms with E-state index < -0.39 is 36.2 Å². The van der Waals surface area contributed by atoms with Crippen molar-refractivity contribution in [3.8, 4) is 33.5 Å². The van der Waals surface area contributed by atoms with E-state index in [9.17, 15) is 29.1 Å². The van der Waals surface area contributed by atoms with Gasteiger partial charge in [0.1, 0.15) is 29.5 Å². The maximum atomic E-state index is 16.7. The van der Waals surface area contributed by atoms with E-state index in [1.54, 1.807) is 35.4 Å². The van der Waals surface area contributed by atoms with Crippen molar-refractivity contribution in [2.24, 2.45) is 23.2 Å². The Bertz CT molecular complexity index is 2870. The van der Waals surface area contributed by atoms with Crippen LogP contribution in [0.1, 0.15) is 115 Å². The zero-order valence-corrected chi connectivity index (χ0v) is 40.2. The van der Waals surface area contributed by atoms with Gasteiger partial charge in [-0.1, -0.05) is 58.0 Å². The third kappa shape index (κ3) is 8.51. The fraction of sp³-hybridized carbons (Fsp3) is 0.481. The van der Waals surface area contributed by atoms with Gasteiger partial charge < -0.3 is 39.7 Å². The van der Waals surface area contributed by atoms with E-state index in [-0.39, 0.29) is 64.0 Å². The first kappa shape index (κ1) is 47.4. The van der Waals surface area contributed by atoms with Gasteiger partial charge in [-0.15, -0.1) is 0 Å². The molecule has 69 heavy (non-hydrogen) atoms. The third-order valence-electron chi connectivity index (χ3n) is 14.9. The molecule has 5 aliphatic rings. The standard InChI is InChI=1S/C49H54F2N8O6.C3H6O/c1-24(2)39(56-46(62)65-6)44(60)59-30-11-7-29(17-30)41(59)43-53-35-14-10-27(20-36(35)54-43)26-8-12-31-32-13-9-28(19-34(32)49(50,51)33(31)18-26)37-22-52-42(55-37)38-21-48(15-16-48)23-58(38)45(61)40(25(3)4)57(5)47(63)64;1-3(2)4/h8-10,12-14,18-20,22,24-25,29-30,38-41H,7,11,15-17,21,23H2,1-6H3,(H,52,55)(H,53,54)(H,56,62)(H,63,64);1-2H3/t29-,30+,38-,39-,40-,41-;/m0./s1. The van der Waals surface area contributed by atoms with Crippen LogP contribution in [0.3, 0.4) is 0 Å². The molecule has 4 fully saturated rings. The lowest BCUT2D eigenvalue weighted by molar-refractivity contribution is -0.139. The van der Waals surface area contributed by atoms with E-state index in [4.69, 9.17) is 9.72 Å². The number of alkyl halides is 2. The Morgan fingerprint density at radius 3 is 2.13 bits per heavy atom. The third-order valence-corrected chi connectivity index (χ3v) is 14.9. The second kappa shape index (κ2) is 17.7. The Kier molecular flexibility index (Phi) is 12.2. The molecule has 3 aliphatic carbocycles. The van der Waals surface area contributed by atoms with Gasteiger partial charge in [-0.2, -0.15) is 8.78 Å². The minimum atomic E-state index is -3.30. The summed E-state index contributed by atoms with van der Waals surface area (Å²) < 4.78 is 38.2. The van der Waals surface area contributed by atoms with Gasteiger partial charge in [0.05, 0.1) is 42.1 Å². The molecule has 4 N–H and O–H groups in total. The number of ether oxygens (including phenoxy) is 1. The number of imidazole rings is 2. The van der Waals surface area contributed by atoms with Crippen molar-refractivity contribution in [1.29, 1.82) is 0 Å². The highest BCUT2D eigenvalue weighted by Crippen LogP contribution is 2.59. The van der Waals surface area contributed by atoms with Crippen LogP contribution >= 0.6 is 0 Å². The lowest BCUT2D eigenvalue weighted by Gasteiger charge is -2.37. The Hall–Kier alpha value is -6.65. The summed E-state index contributed by atoms with van der Waals surface area (Å²) in [7, 11) is 2.70. The van der Waals surface area contributed by atoms with Gasteiger partial charge in [-0.25, -0.2) is 19.6 Å². The number of halogens is 2. The first-order valence-electron chi connectivity index (χ1n) is 23.8. The number of hydrogen-bond acceptors (Lipinski definition) is 8. The van der Waals surface area contributed by atoms with Crippen molar-refractivity contribution < 1.29 is 42.6 Å². The van der Waals surface area contributed by atoms with Gasteiger partial charge in [0, 0.05) is 36.3 Å². The van der Waals surface area contributed by atoms with Gasteiger partial charge >= 0.3 is 12.2 Å². The lowest BCUT2D eigenvalue weighted by Crippen LogP contribution is -2.54. The summed E-state index contributed by atoms with van der Waals surface area (Å²) in [4.78, 5) is 82.9. The van der Waals surface area contributed by atoms with E-state index in [0.717, 1.165) is 48.1 Å². The maximum absolute atomic E-state index is 16.7. The van der Waals surface area contributed by atoms with Crippen molar-refractivity contribution in [1.82, 2.24) is 40.0 Å². The number of aromatic nitrogens is 4. The van der Waals surface area contributed by atoms with E-state index in [1.807, 2.05) is 56.9 Å². The monoisotopic (exact) mass is 946 g/mol. The number of amides is 4. The van der Waals surface area contributed by atoms with Gasteiger partial charge in [-0.05, 0) is 122 Å². The number of fused-ring (bicyclic) bond motifs is 6. The van der Waals surface area contributed by atoms with Crippen LogP contribution < -0.4 is 5.32 Å². The number of ketones is 1. The first-order valence-corrected chi connectivity index (χ1v) is 23.8. The van der Waals surface area contributed by atoms with Crippen molar-refractivity contribution in [2.45, 2.75) is 116 Å². The number of likely N-dealkylation sites (tertiary alicyclic amines) is 2. The number of nitrogens with zero attached hydrogens (tertiary/aromatic N) is 5. The molecule has 1 spiro atoms. The molecular weight excluding hydrogens is 887 g/mol. The molecule has 2 aromatic heterocycles. The molecule has 17 heteroatoms. The molecule has 0 unspecified atom stereocenters. The number of carboxylic acid groups (broad SMARTS) is 1. The molecule has 2 aliphatic heterocycles. The molecule has 2 bridgehead atoms. The minimum absolute atomic E-state index is 0.0210. The van der Waals surface area contributed by atoms with E-state index in [2.05, 4.69) is 20.3 Å². The number of hydrogen-bond donors (Lipinski definition) is 4. The normalized spacial score (nSPS) is 22.0. The summed E-state index contributed by atoms with van der Waals surface area (Å²) in [5.41, 5.74) is 4.55. The zero-order valence-electron chi connectivity index (χ0n) is 40.2. The van der Waals surface area contributed by atoms with Crippen LogP contribution in [0.25, 0.3) is 44.5 Å². The summed E-state index contributed by atoms with van der Waals surface area (Å²) >= 11 is 0. The summed E-state index contributed by atoms with van der Waals surface area (Å²) in [6.45, 7) is 11.0. The number of methoxy groups -OCH3 is 1. The van der Waals surface area contributed by atoms with Crippen molar-refractivity contribution in [3.63, 3.8) is 0 Å². The van der Waals surface area contributed by atoms with Crippen LogP contribution in [0.4, 0.5) is 18.4 Å². The summed E-state index contributed by atoms with van der Waals surface area (Å²) in [6, 6.07) is 13.6. The highest BCUT2D eigenvalue weighted by Gasteiger charge is 2.56. The van der Waals surface area contributed by atoms with Crippen LogP contribution in [-0.4, -0.2) is 108 Å². The summed E-state index contributed by atoms with van der Waals surface area (Å²) in [5, 5.41) is 12.5. The molecule has 3 aromatic carbocycles. The van der Waals surface area contributed by atoms with Crippen LogP contribution in [0.15, 0.2) is 60.8 Å². The number of likely N-dealkylation sites (N-methyl/N-ethyl adjacent to an activating group) is 1. The smallest absolute Gasteiger partial charge is 0.407 e. The summed E-state index contributed by atoms with van der Waals surface area (Å²) in [6.07, 6.45) is 5.14. The Labute approximate surface area is 399 Å². The number of H-pyrrole nitrogens is 2. The Balaban J connectivity index is 0.00000143. The number of aromatic amines is 2. The van der Waals surface area contributed by atoms with Crippen LogP contribution in [-0.2, 0) is 25.0 Å². The number of piperidine rings is 1. The maximum Gasteiger partial charge on any atom is 0.407 e. The number of alkyl carbamates (subject to hydrolysis) is 1. The first-order chi connectivity index (χ1) is 32.7. The Morgan fingerprint density at radius 1 is 0.870 bits per heavy atom. The average Bonchev–Trinajstić information content (AvgIpc) is 3.96. The van der Waals surface area contributed by atoms with E-state index >= 15 is 8.78 Å². The van der Waals surface area contributed by atoms with Gasteiger partial charge in [0.25, 0.3) is 5.92 Å². The largest absolute Gasteiger partial charge is 0.465 e. The van der Waals surface area contributed by atoms with Crippen molar-refractivity contribution >= 4 is 40.8 Å². The molecule has 2 saturated heterocycles. The van der Waals surface area contributed by atoms with E-state index in [1.165, 1.54) is 34.1 Å². The van der Waals surface area contributed by atoms with Crippen molar-refractivity contribution in [3.05, 3.63) is 83.6 Å². The number of benzene rings is 3. The summed E-state index contributed by atoms with van der Waals surface area (Å²) in [5.74, 6) is -2.54. The average molecular weight is 947 g/mol. The number of Topliss-reactive ketones (excluding diaryl/α,β-unsaturated/α-hetero) is 1. The van der Waals surface area contributed by atoms with Crippen LogP contribution in [0.2, 0.25) is 0 Å². The highest BCUT2D eigenvalue weighted by atomic mass is 19.3. The molecule has 15 nitrogen and oxygen atoms in total. The highest BCUT2D eigenvalue weighted by molar-refractivity contribution is 5.89. The quantitative estimate of drug-likeness (QED) is 0.106.